The van der Waals surface area contributed by atoms with E-state index in [1.54, 1.807) is 72.8 Å². The first kappa shape index (κ1) is 121. The first-order valence-electron chi connectivity index (χ1n) is 41.4. The van der Waals surface area contributed by atoms with Gasteiger partial charge < -0.3 is 55.8 Å². The second-order valence-corrected chi connectivity index (χ2v) is 43.8. The molecule has 6 amide bonds. The van der Waals surface area contributed by atoms with Gasteiger partial charge in [0.15, 0.2) is 0 Å². The Morgan fingerprint density at radius 2 is 0.653 bits per heavy atom. The molecule has 51 heteroatoms. The summed E-state index contributed by atoms with van der Waals surface area (Å²) >= 11 is 70.8. The molecule has 5 atom stereocenters. The molecule has 12 rings (SSSR count). The molecule has 6 aromatic rings. The van der Waals surface area contributed by atoms with Gasteiger partial charge in [-0.15, -0.1) is 0 Å². The number of carbonyl (C=O) groups is 16. The first-order valence-corrected chi connectivity index (χ1v) is 51.4. The predicted octanol–water partition coefficient (Wildman–Crippen LogP) is 19.4. The number of ether oxygens (including phenoxy) is 1. The number of thiocarbonyl (C=S) groups is 6. The molecule has 6 heterocycles. The van der Waals surface area contributed by atoms with Crippen molar-refractivity contribution < 1.29 is 133 Å². The Hall–Kier alpha value is -10.4. The highest BCUT2D eigenvalue weighted by molar-refractivity contribution is 9.10. The lowest BCUT2D eigenvalue weighted by Gasteiger charge is -2.22. The third-order valence-electron chi connectivity index (χ3n) is 20.7. The number of hydrogen-bond donors (Lipinski definition) is 10. The highest BCUT2D eigenvalue weighted by atomic mass is 79.9. The van der Waals surface area contributed by atoms with E-state index >= 15 is 0 Å². The third-order valence-corrected chi connectivity index (χ3v) is 31.5. The largest absolute Gasteiger partial charge is 0.496 e. The van der Waals surface area contributed by atoms with Gasteiger partial charge in [-0.2, -0.15) is 0 Å². The molecule has 0 bridgehead atoms. The molecule has 1 unspecified atom stereocenters. The van der Waals surface area contributed by atoms with Crippen molar-refractivity contribution in [3.8, 4) is 5.75 Å². The lowest BCUT2D eigenvalue weighted by molar-refractivity contribution is -0.147. The summed E-state index contributed by atoms with van der Waals surface area (Å²) in [6, 6.07) is 22.6. The number of benzene rings is 6. The normalized spacial score (nSPS) is 17.2. The summed E-state index contributed by atoms with van der Waals surface area (Å²) in [5.74, 6) is -14.3. The number of aliphatic carboxylic acids is 10. The number of rotatable bonds is 31. The molecule has 0 aliphatic carbocycles. The molecular formula is C93H82BrCl5N6O27S12. The van der Waals surface area contributed by atoms with Gasteiger partial charge in [0.25, 0.3) is 35.4 Å². The van der Waals surface area contributed by atoms with Crippen LogP contribution < -0.4 is 4.74 Å². The highest BCUT2D eigenvalue weighted by Crippen LogP contribution is 2.43. The van der Waals surface area contributed by atoms with E-state index in [0.29, 0.717) is 67.8 Å². The molecule has 0 aromatic heterocycles. The smallest absolute Gasteiger partial charge is 0.326 e. The fraction of sp³-hybridized carbons (Fsp3) is 0.247. The summed E-state index contributed by atoms with van der Waals surface area (Å²) < 4.78 is 6.96. The monoisotopic (exact) mass is 2350 g/mol. The Kier molecular flexibility index (Phi) is 46.0. The van der Waals surface area contributed by atoms with Crippen LogP contribution in [0.3, 0.4) is 0 Å². The van der Waals surface area contributed by atoms with Crippen LogP contribution in [-0.2, 0) is 76.7 Å². The van der Waals surface area contributed by atoms with E-state index in [2.05, 4.69) is 15.9 Å². The van der Waals surface area contributed by atoms with Crippen molar-refractivity contribution in [3.05, 3.63) is 228 Å². The fourth-order valence-electron chi connectivity index (χ4n) is 13.0. The average Bonchev–Trinajstić information content (AvgIpc) is 1.66. The minimum Gasteiger partial charge on any atom is -0.496 e. The zero-order valence-electron chi connectivity index (χ0n) is 76.2. The van der Waals surface area contributed by atoms with Crippen LogP contribution in [0.15, 0.2) is 131 Å². The standard InChI is InChI=1S/2C17H16ClNO5S2.C16H14BrNO5S2.C15H11Cl2NO5S2.C14H12ClNO4S2.C14H13NO3S2/c2*1-8-5-10(6-11(18)9(8)2)7-13-15(22)19(17(25)26-13)12(16(23)24)3-4-14(20)21;1-8-2-3-9(6-10(8)17)7-12-14(21)18(16(24)25-12)11(15(22)23)4-5-13(19)20;16-8-2-1-3-9(17)7(8)6-11-13(21)18(15(24)25-11)10(14(22)23)4-5-12(19)20;1-7-9(15)3-8(4-10(7)20-2)5-11-13(19)16(6-12(17)18)14(21)22-11;1-8-4-3-5-10(6-8)7-11-12(16)15(14(19)20-11)9(2)13(17)18/h2*5-7,12H,3-4H2,1-2H3,(H,20,21)(H,23,24);2-3,6-7,11H,4-5H2,1H3,(H,19,20)(H,22,23);1-3,6,10H,4-5H2,(H,19,20)(H,22,23);3-5H,6H2,1-2H3,(H,17,18);3-7,9H,1-2H3,(H,17,18)/b2*13-7-;12-7-;11-6-;11-5+;11-7-/t2*12-;11-;10-;;/m0000../s1. The van der Waals surface area contributed by atoms with Crippen LogP contribution in [0.5, 0.6) is 5.75 Å². The fourth-order valence-corrected chi connectivity index (χ4v) is 22.8. The molecule has 10 N–H and O–H groups in total. The summed E-state index contributed by atoms with van der Waals surface area (Å²) in [6.45, 7) is 14.3. The van der Waals surface area contributed by atoms with Crippen molar-refractivity contribution in [1.82, 2.24) is 29.4 Å². The Balaban J connectivity index is 0.000000235. The van der Waals surface area contributed by atoms with Gasteiger partial charge >= 0.3 is 59.7 Å². The van der Waals surface area contributed by atoms with Crippen LogP contribution in [0.1, 0.15) is 131 Å². The van der Waals surface area contributed by atoms with Crippen LogP contribution in [0, 0.1) is 48.5 Å². The lowest BCUT2D eigenvalue weighted by Crippen LogP contribution is -2.44. The maximum atomic E-state index is 12.7. The molecule has 6 aliphatic heterocycles. The zero-order valence-corrected chi connectivity index (χ0v) is 91.4. The first-order chi connectivity index (χ1) is 67.4. The lowest BCUT2D eigenvalue weighted by atomic mass is 10.1. The maximum Gasteiger partial charge on any atom is 0.326 e. The molecule has 0 saturated carbocycles. The van der Waals surface area contributed by atoms with E-state index < -0.39 is 132 Å². The zero-order chi connectivity index (χ0) is 108. The van der Waals surface area contributed by atoms with Gasteiger partial charge in [-0.3, -0.25) is 82.1 Å². The number of methoxy groups -OCH3 is 1. The SMILES string of the molecule is COc1cc(/C=C2/SC(=S)N(CC(=O)O)C2=O)cc(Cl)c1C.Cc1cc(/C=C2\SC(=S)N([C@@H](CCC(=O)O)C(=O)O)C2=O)cc(Cl)c1C.Cc1cc(/C=C2\SC(=S)N([C@@H](CCC(=O)O)C(=O)O)C2=O)cc(Cl)c1C.Cc1ccc(/C=C2\SC(=S)N([C@@H](CCC(=O)O)C(=O)O)C2=O)cc1Br.Cc1cccc(/C=C2\SC(=S)N(C(C)C(=O)O)C2=O)c1.O=C(O)CC[C@@H](C(=O)O)N1C(=O)/C(=C/c2c(Cl)cccc2Cl)SC1=S. The van der Waals surface area contributed by atoms with E-state index in [-0.39, 0.29) is 91.5 Å². The molecule has 6 aromatic carbocycles. The second kappa shape index (κ2) is 54.9. The van der Waals surface area contributed by atoms with Gasteiger partial charge in [0.2, 0.25) is 0 Å². The van der Waals surface area contributed by atoms with Gasteiger partial charge in [-0.25, -0.2) is 24.0 Å². The Morgan fingerprint density at radius 3 is 0.972 bits per heavy atom. The van der Waals surface area contributed by atoms with Crippen molar-refractivity contribution in [2.75, 3.05) is 13.7 Å². The van der Waals surface area contributed by atoms with Crippen molar-refractivity contribution in [2.45, 2.75) is 137 Å². The van der Waals surface area contributed by atoms with Crippen LogP contribution in [0.25, 0.3) is 36.5 Å². The van der Waals surface area contributed by atoms with E-state index in [9.17, 15) is 97.1 Å². The molecular weight excluding hydrogens is 2280 g/mol. The molecule has 6 aliphatic rings. The van der Waals surface area contributed by atoms with Crippen molar-refractivity contribution in [3.63, 3.8) is 0 Å². The Labute approximate surface area is 913 Å². The number of thioether (sulfide) groups is 6. The maximum absolute atomic E-state index is 12.7. The molecule has 0 radical (unpaired) electrons. The van der Waals surface area contributed by atoms with Gasteiger partial charge in [0, 0.05) is 66.4 Å². The van der Waals surface area contributed by atoms with Crippen LogP contribution in [-0.4, -0.2) is 245 Å². The van der Waals surface area contributed by atoms with Gasteiger partial charge in [0.05, 0.1) is 36.5 Å². The van der Waals surface area contributed by atoms with Crippen molar-refractivity contribution >= 4 is 375 Å². The van der Waals surface area contributed by atoms with Gasteiger partial charge in [-0.1, -0.05) is 278 Å². The molecule has 0 spiro atoms. The van der Waals surface area contributed by atoms with Crippen LogP contribution in [0.4, 0.5) is 0 Å². The second-order valence-electron chi connectivity index (χ2n) is 30.9. The number of aryl methyl sites for hydroxylation is 4. The van der Waals surface area contributed by atoms with Crippen molar-refractivity contribution in [1.29, 1.82) is 0 Å². The Morgan fingerprint density at radius 1 is 0.347 bits per heavy atom. The summed E-state index contributed by atoms with van der Waals surface area (Å²) in [5.41, 5.74) is 10.9. The van der Waals surface area contributed by atoms with Crippen LogP contribution in [0.2, 0.25) is 25.1 Å². The molecule has 33 nitrogen and oxygen atoms in total. The minimum atomic E-state index is -1.35. The van der Waals surface area contributed by atoms with Gasteiger partial charge in [0.1, 0.15) is 68.4 Å². The highest BCUT2D eigenvalue weighted by Gasteiger charge is 2.46. The van der Waals surface area contributed by atoms with Crippen LogP contribution >= 0.6 is 218 Å². The number of hydrogen-bond acceptors (Lipinski definition) is 29. The summed E-state index contributed by atoms with van der Waals surface area (Å²) in [5, 5.41) is 92.6. The quantitative estimate of drug-likeness (QED) is 0.0143. The summed E-state index contributed by atoms with van der Waals surface area (Å²) in [7, 11) is 1.54. The number of nitrogens with zero attached hydrogens (tertiary/aromatic N) is 6. The number of carboxylic acids is 10. The number of carboxylic acid groups (broad SMARTS) is 10. The summed E-state index contributed by atoms with van der Waals surface area (Å²) in [4.78, 5) is 193. The Bertz CT molecular complexity index is 6370. The van der Waals surface area contributed by atoms with Gasteiger partial charge in [-0.05, 0) is 216 Å². The van der Waals surface area contributed by atoms with E-state index in [1.165, 1.54) is 20.1 Å². The third kappa shape index (κ3) is 33.1. The topological polar surface area (TPSA) is 504 Å². The minimum absolute atomic E-state index is 0.0391. The number of halogens is 6. The van der Waals surface area contributed by atoms with E-state index in [1.807, 2.05) is 103 Å². The molecule has 6 saturated heterocycles. The van der Waals surface area contributed by atoms with E-state index in [0.717, 1.165) is 155 Å². The molecule has 144 heavy (non-hydrogen) atoms. The number of amides is 6. The molecule has 6 fully saturated rings. The number of carbonyl (C=O) groups excluding carboxylic acids is 6. The average molecular weight is 2360 g/mol. The molecule has 760 valence electrons. The predicted molar refractivity (Wildman–Crippen MR) is 584 cm³/mol. The summed E-state index contributed by atoms with van der Waals surface area (Å²) in [6.07, 6.45) is 7.23. The van der Waals surface area contributed by atoms with Crippen molar-refractivity contribution in [2.24, 2.45) is 0 Å². The van der Waals surface area contributed by atoms with E-state index in [4.69, 9.17) is 167 Å².